The Morgan fingerprint density at radius 3 is 2.35 bits per heavy atom. The topological polar surface area (TPSA) is 31.4 Å². The first kappa shape index (κ1) is 13.9. The van der Waals surface area contributed by atoms with Gasteiger partial charge in [-0.25, -0.2) is 13.8 Å². The van der Waals surface area contributed by atoms with Crippen molar-refractivity contribution in [2.24, 2.45) is 0 Å². The third-order valence-corrected chi connectivity index (χ3v) is 2.11. The largest absolute Gasteiger partial charge is 0.573 e. The second-order valence-corrected chi connectivity index (χ2v) is 3.47. The molecule has 0 bridgehead atoms. The van der Waals surface area contributed by atoms with Gasteiger partial charge in [0.25, 0.3) is 6.43 Å². The minimum atomic E-state index is -5.01. The molecule has 0 saturated carbocycles. The van der Waals surface area contributed by atoms with Gasteiger partial charge in [0.15, 0.2) is 16.1 Å². The SMILES string of the molecule is COc1c(OC(F)(F)F)cc(C(F)F)nc1Br. The number of rotatable bonds is 3. The van der Waals surface area contributed by atoms with E-state index < -0.39 is 30.0 Å². The Labute approximate surface area is 101 Å². The predicted molar refractivity (Wildman–Crippen MR) is 50.1 cm³/mol. The molecule has 0 atom stereocenters. The number of nitrogens with zero attached hydrogens (tertiary/aromatic N) is 1. The van der Waals surface area contributed by atoms with Crippen LogP contribution < -0.4 is 9.47 Å². The zero-order valence-corrected chi connectivity index (χ0v) is 9.77. The van der Waals surface area contributed by atoms with E-state index in [4.69, 9.17) is 0 Å². The summed E-state index contributed by atoms with van der Waals surface area (Å²) >= 11 is 2.72. The molecule has 0 aliphatic rings. The molecule has 1 heterocycles. The summed E-state index contributed by atoms with van der Waals surface area (Å²) in [5.41, 5.74) is -0.850. The van der Waals surface area contributed by atoms with Crippen molar-refractivity contribution >= 4 is 15.9 Å². The summed E-state index contributed by atoms with van der Waals surface area (Å²) in [5, 5.41) is 0. The van der Waals surface area contributed by atoms with Crippen LogP contribution in [0.2, 0.25) is 0 Å². The van der Waals surface area contributed by atoms with Crippen LogP contribution in [0.3, 0.4) is 0 Å². The molecule has 0 amide bonds. The van der Waals surface area contributed by atoms with Crippen LogP contribution in [-0.4, -0.2) is 18.5 Å². The van der Waals surface area contributed by atoms with E-state index in [-0.39, 0.29) is 4.60 Å². The van der Waals surface area contributed by atoms with E-state index in [9.17, 15) is 22.0 Å². The van der Waals surface area contributed by atoms with E-state index in [1.54, 1.807) is 0 Å². The normalized spacial score (nSPS) is 11.8. The predicted octanol–water partition coefficient (Wildman–Crippen LogP) is 3.69. The number of aromatic nitrogens is 1. The Hall–Kier alpha value is -1.12. The van der Waals surface area contributed by atoms with Crippen molar-refractivity contribution in [3.05, 3.63) is 16.4 Å². The van der Waals surface area contributed by atoms with Crippen molar-refractivity contribution in [1.29, 1.82) is 0 Å². The molecule has 0 aliphatic carbocycles. The van der Waals surface area contributed by atoms with E-state index >= 15 is 0 Å². The first-order valence-corrected chi connectivity index (χ1v) is 4.82. The summed E-state index contributed by atoms with van der Waals surface area (Å²) < 4.78 is 68.6. The Bertz CT molecular complexity index is 410. The Morgan fingerprint density at radius 2 is 1.94 bits per heavy atom. The molecule has 9 heteroatoms. The molecule has 0 radical (unpaired) electrons. The molecule has 0 saturated heterocycles. The third kappa shape index (κ3) is 3.69. The molecule has 0 N–H and O–H groups in total. The molecule has 0 aromatic carbocycles. The lowest BCUT2D eigenvalue weighted by atomic mass is 10.3. The maximum atomic E-state index is 12.3. The summed E-state index contributed by atoms with van der Waals surface area (Å²) in [4.78, 5) is 3.33. The van der Waals surface area contributed by atoms with Crippen LogP contribution in [0, 0.1) is 0 Å². The number of methoxy groups -OCH3 is 1. The molecule has 0 fully saturated rings. The van der Waals surface area contributed by atoms with Gasteiger partial charge in [-0.2, -0.15) is 0 Å². The van der Waals surface area contributed by atoms with E-state index in [1.165, 1.54) is 0 Å². The lowest BCUT2D eigenvalue weighted by Gasteiger charge is -2.14. The second-order valence-electron chi connectivity index (χ2n) is 2.72. The van der Waals surface area contributed by atoms with Gasteiger partial charge in [0.2, 0.25) is 0 Å². The lowest BCUT2D eigenvalue weighted by molar-refractivity contribution is -0.275. The average Bonchev–Trinajstić information content (AvgIpc) is 2.14. The summed E-state index contributed by atoms with van der Waals surface area (Å²) in [7, 11) is 1.06. The molecule has 96 valence electrons. The lowest BCUT2D eigenvalue weighted by Crippen LogP contribution is -2.18. The Balaban J connectivity index is 3.24. The third-order valence-electron chi connectivity index (χ3n) is 1.57. The number of hydrogen-bond acceptors (Lipinski definition) is 3. The fourth-order valence-corrected chi connectivity index (χ4v) is 1.56. The highest BCUT2D eigenvalue weighted by Crippen LogP contribution is 2.39. The number of ether oxygens (including phenoxy) is 2. The van der Waals surface area contributed by atoms with Gasteiger partial charge in [-0.3, -0.25) is 0 Å². The summed E-state index contributed by atoms with van der Waals surface area (Å²) in [5.74, 6) is -1.29. The Kier molecular flexibility index (Phi) is 4.12. The highest BCUT2D eigenvalue weighted by molar-refractivity contribution is 9.10. The number of alkyl halides is 5. The summed E-state index contributed by atoms with van der Waals surface area (Å²) in [6.07, 6.45) is -8.03. The minimum absolute atomic E-state index is 0.294. The van der Waals surface area contributed by atoms with Crippen LogP contribution in [0.5, 0.6) is 11.5 Å². The van der Waals surface area contributed by atoms with Gasteiger partial charge in [-0.15, -0.1) is 13.2 Å². The van der Waals surface area contributed by atoms with Crippen molar-refractivity contribution in [3.8, 4) is 11.5 Å². The first-order chi connectivity index (χ1) is 7.74. The van der Waals surface area contributed by atoms with Crippen LogP contribution in [0.15, 0.2) is 10.7 Å². The number of halogens is 6. The molecule has 0 spiro atoms. The molecule has 1 aromatic heterocycles. The maximum absolute atomic E-state index is 12.3. The van der Waals surface area contributed by atoms with E-state index in [0.29, 0.717) is 6.07 Å². The minimum Gasteiger partial charge on any atom is -0.490 e. The van der Waals surface area contributed by atoms with E-state index in [1.807, 2.05) is 0 Å². The molecule has 0 aliphatic heterocycles. The Morgan fingerprint density at radius 1 is 1.35 bits per heavy atom. The zero-order valence-electron chi connectivity index (χ0n) is 8.19. The van der Waals surface area contributed by atoms with Gasteiger partial charge in [0.1, 0.15) is 5.69 Å². The fraction of sp³-hybridized carbons (Fsp3) is 0.375. The quantitative estimate of drug-likeness (QED) is 0.628. The van der Waals surface area contributed by atoms with Crippen LogP contribution in [0.4, 0.5) is 22.0 Å². The van der Waals surface area contributed by atoms with Crippen molar-refractivity contribution in [1.82, 2.24) is 4.98 Å². The van der Waals surface area contributed by atoms with E-state index in [2.05, 4.69) is 30.4 Å². The standard InChI is InChI=1S/C8H5BrF5NO2/c1-16-5-4(17-8(12,13)14)2-3(7(10)11)15-6(5)9/h2,7H,1H3. The maximum Gasteiger partial charge on any atom is 0.573 e. The average molecular weight is 322 g/mol. The molecule has 1 rings (SSSR count). The molecule has 0 unspecified atom stereocenters. The fourth-order valence-electron chi connectivity index (χ4n) is 0.995. The first-order valence-electron chi connectivity index (χ1n) is 4.03. The van der Waals surface area contributed by atoms with Crippen LogP contribution in [0.25, 0.3) is 0 Å². The van der Waals surface area contributed by atoms with Crippen molar-refractivity contribution < 1.29 is 31.4 Å². The second kappa shape index (κ2) is 5.03. The molecular weight excluding hydrogens is 317 g/mol. The van der Waals surface area contributed by atoms with Crippen molar-refractivity contribution in [3.63, 3.8) is 0 Å². The van der Waals surface area contributed by atoms with Gasteiger partial charge in [-0.1, -0.05) is 0 Å². The van der Waals surface area contributed by atoms with E-state index in [0.717, 1.165) is 7.11 Å². The number of hydrogen-bond donors (Lipinski definition) is 0. The van der Waals surface area contributed by atoms with Gasteiger partial charge >= 0.3 is 6.36 Å². The number of pyridine rings is 1. The molecule has 1 aromatic rings. The monoisotopic (exact) mass is 321 g/mol. The smallest absolute Gasteiger partial charge is 0.490 e. The van der Waals surface area contributed by atoms with Crippen LogP contribution in [0.1, 0.15) is 12.1 Å². The summed E-state index contributed by atoms with van der Waals surface area (Å²) in [6, 6.07) is 0.474. The molecule has 3 nitrogen and oxygen atoms in total. The van der Waals surface area contributed by atoms with Gasteiger partial charge in [0, 0.05) is 6.07 Å². The molecular formula is C8H5BrF5NO2. The highest BCUT2D eigenvalue weighted by atomic mass is 79.9. The van der Waals surface area contributed by atoms with Crippen LogP contribution >= 0.6 is 15.9 Å². The van der Waals surface area contributed by atoms with Gasteiger partial charge in [0.05, 0.1) is 7.11 Å². The zero-order chi connectivity index (χ0) is 13.2. The van der Waals surface area contributed by atoms with Crippen LogP contribution in [-0.2, 0) is 0 Å². The van der Waals surface area contributed by atoms with Gasteiger partial charge < -0.3 is 9.47 Å². The van der Waals surface area contributed by atoms with Gasteiger partial charge in [-0.05, 0) is 15.9 Å². The highest BCUT2D eigenvalue weighted by Gasteiger charge is 2.34. The summed E-state index contributed by atoms with van der Waals surface area (Å²) in [6.45, 7) is 0. The van der Waals surface area contributed by atoms with Crippen molar-refractivity contribution in [2.75, 3.05) is 7.11 Å². The molecule has 17 heavy (non-hydrogen) atoms. The van der Waals surface area contributed by atoms with Crippen molar-refractivity contribution in [2.45, 2.75) is 12.8 Å².